The van der Waals surface area contributed by atoms with Crippen molar-refractivity contribution in [1.29, 1.82) is 0 Å². The van der Waals surface area contributed by atoms with Gasteiger partial charge >= 0.3 is 6.09 Å². The summed E-state index contributed by atoms with van der Waals surface area (Å²) >= 11 is 1.49. The average Bonchev–Trinajstić information content (AvgIpc) is 3.34. The number of fused-ring (bicyclic) bond motifs is 1. The minimum Gasteiger partial charge on any atom is -0.449 e. The second-order valence-corrected chi connectivity index (χ2v) is 9.03. The Morgan fingerprint density at radius 1 is 1.42 bits per heavy atom. The standard InChI is InChI=1S/C22H26N4O4S/c23-20-17-5-3-15(13-30-22(29)26-9-7-16(27)12-26)10-18(17)31-21(20)25-19(28)6-4-14-2-1-8-24-11-14/h1-2,4,6,8,11,15-16,27H,3,5,7,9-10,12-13,23H2,(H,25,28)/b6-4+. The van der Waals surface area contributed by atoms with Crippen molar-refractivity contribution in [2.24, 2.45) is 5.92 Å². The number of anilines is 2. The van der Waals surface area contributed by atoms with Gasteiger partial charge in [-0.15, -0.1) is 11.3 Å². The van der Waals surface area contributed by atoms with Gasteiger partial charge in [0.1, 0.15) is 5.00 Å². The highest BCUT2D eigenvalue weighted by atomic mass is 32.1. The maximum absolute atomic E-state index is 12.3. The van der Waals surface area contributed by atoms with Crippen molar-refractivity contribution >= 4 is 40.1 Å². The summed E-state index contributed by atoms with van der Waals surface area (Å²) in [5.41, 5.74) is 8.85. The van der Waals surface area contributed by atoms with Gasteiger partial charge in [-0.05, 0) is 54.9 Å². The second kappa shape index (κ2) is 9.49. The fourth-order valence-corrected chi connectivity index (χ4v) is 5.19. The van der Waals surface area contributed by atoms with Crippen LogP contribution in [0.5, 0.6) is 0 Å². The molecule has 31 heavy (non-hydrogen) atoms. The van der Waals surface area contributed by atoms with Gasteiger partial charge in [0.15, 0.2) is 0 Å². The molecule has 1 aliphatic heterocycles. The molecule has 2 aliphatic rings. The number of thiophene rings is 1. The highest BCUT2D eigenvalue weighted by Crippen LogP contribution is 2.41. The van der Waals surface area contributed by atoms with Crippen LogP contribution < -0.4 is 11.1 Å². The van der Waals surface area contributed by atoms with Crippen molar-refractivity contribution in [3.63, 3.8) is 0 Å². The molecule has 1 fully saturated rings. The lowest BCUT2D eigenvalue weighted by Gasteiger charge is -2.23. The molecule has 4 rings (SSSR count). The van der Waals surface area contributed by atoms with Crippen LogP contribution in [-0.2, 0) is 22.4 Å². The third-order valence-corrected chi connectivity index (χ3v) is 6.81. The van der Waals surface area contributed by atoms with Crippen molar-refractivity contribution in [3.8, 4) is 0 Å². The summed E-state index contributed by atoms with van der Waals surface area (Å²) in [5.74, 6) is -0.0246. The van der Waals surface area contributed by atoms with E-state index < -0.39 is 6.10 Å². The number of aliphatic hydroxyl groups is 1. The van der Waals surface area contributed by atoms with Gasteiger partial charge in [0.05, 0.1) is 18.4 Å². The first-order valence-electron chi connectivity index (χ1n) is 10.4. The summed E-state index contributed by atoms with van der Waals surface area (Å²) in [7, 11) is 0. The summed E-state index contributed by atoms with van der Waals surface area (Å²) in [6.45, 7) is 1.22. The Hall–Kier alpha value is -2.91. The number of nitrogen functional groups attached to an aromatic ring is 1. The molecule has 2 aromatic rings. The fourth-order valence-electron chi connectivity index (χ4n) is 3.90. The van der Waals surface area contributed by atoms with Crippen molar-refractivity contribution in [3.05, 3.63) is 46.6 Å². The molecule has 2 amide bonds. The first kappa shape index (κ1) is 21.3. The van der Waals surface area contributed by atoms with E-state index in [1.165, 1.54) is 17.4 Å². The summed E-state index contributed by atoms with van der Waals surface area (Å²) in [5, 5.41) is 13.1. The number of ether oxygens (including phenoxy) is 1. The number of hydrogen-bond acceptors (Lipinski definition) is 7. The van der Waals surface area contributed by atoms with Crippen molar-refractivity contribution in [2.75, 3.05) is 30.7 Å². The maximum Gasteiger partial charge on any atom is 0.409 e. The maximum atomic E-state index is 12.3. The SMILES string of the molecule is Nc1c(NC(=O)/C=C/c2cccnc2)sc2c1CCC(COC(=O)N1CCC(O)C1)C2. The Morgan fingerprint density at radius 2 is 2.29 bits per heavy atom. The van der Waals surface area contributed by atoms with E-state index in [2.05, 4.69) is 10.3 Å². The molecule has 0 spiro atoms. The number of rotatable bonds is 5. The van der Waals surface area contributed by atoms with Crippen LogP contribution in [0, 0.1) is 5.92 Å². The molecule has 0 radical (unpaired) electrons. The number of carbonyl (C=O) groups excluding carboxylic acids is 2. The van der Waals surface area contributed by atoms with Gasteiger partial charge in [-0.3, -0.25) is 9.78 Å². The number of β-amino-alcohol motifs (C(OH)–C–C–N with tert-alkyl or cyclic N) is 1. The van der Waals surface area contributed by atoms with Gasteiger partial charge in [0.25, 0.3) is 0 Å². The number of likely N-dealkylation sites (tertiary alicyclic amines) is 1. The molecule has 8 nitrogen and oxygen atoms in total. The van der Waals surface area contributed by atoms with Gasteiger partial charge in [-0.2, -0.15) is 0 Å². The van der Waals surface area contributed by atoms with Gasteiger partial charge in [0.2, 0.25) is 5.91 Å². The lowest BCUT2D eigenvalue weighted by atomic mass is 9.89. The number of nitrogens with two attached hydrogens (primary N) is 1. The molecule has 2 aromatic heterocycles. The molecule has 3 heterocycles. The van der Waals surface area contributed by atoms with Crippen LogP contribution in [0.15, 0.2) is 30.6 Å². The highest BCUT2D eigenvalue weighted by molar-refractivity contribution is 7.17. The predicted molar refractivity (Wildman–Crippen MR) is 120 cm³/mol. The van der Waals surface area contributed by atoms with Crippen LogP contribution in [0.25, 0.3) is 6.08 Å². The Morgan fingerprint density at radius 3 is 3.03 bits per heavy atom. The highest BCUT2D eigenvalue weighted by Gasteiger charge is 2.29. The number of aliphatic hydroxyl groups excluding tert-OH is 1. The van der Waals surface area contributed by atoms with Crippen LogP contribution in [0.3, 0.4) is 0 Å². The van der Waals surface area contributed by atoms with Crippen molar-refractivity contribution < 1.29 is 19.4 Å². The monoisotopic (exact) mass is 442 g/mol. The molecular formula is C22H26N4O4S. The van der Waals surface area contributed by atoms with E-state index in [1.54, 1.807) is 23.4 Å². The van der Waals surface area contributed by atoms with Gasteiger partial charge in [-0.1, -0.05) is 6.07 Å². The summed E-state index contributed by atoms with van der Waals surface area (Å²) in [4.78, 5) is 31.1. The average molecular weight is 443 g/mol. The summed E-state index contributed by atoms with van der Waals surface area (Å²) in [6, 6.07) is 3.68. The van der Waals surface area contributed by atoms with Crippen LogP contribution in [-0.4, -0.2) is 52.8 Å². The van der Waals surface area contributed by atoms with Crippen LogP contribution >= 0.6 is 11.3 Å². The van der Waals surface area contributed by atoms with Gasteiger partial charge < -0.3 is 25.8 Å². The molecule has 9 heteroatoms. The first-order chi connectivity index (χ1) is 15.0. The number of nitrogens with zero attached hydrogens (tertiary/aromatic N) is 2. The number of carbonyl (C=O) groups is 2. The summed E-state index contributed by atoms with van der Waals surface area (Å²) in [6.07, 6.45) is 8.75. The molecular weight excluding hydrogens is 416 g/mol. The van der Waals surface area contributed by atoms with E-state index in [1.807, 2.05) is 12.1 Å². The van der Waals surface area contributed by atoms with Crippen molar-refractivity contribution in [2.45, 2.75) is 31.8 Å². The molecule has 1 aliphatic carbocycles. The Bertz CT molecular complexity index is 975. The topological polar surface area (TPSA) is 118 Å². The van der Waals surface area contributed by atoms with Gasteiger partial charge in [-0.25, -0.2) is 4.79 Å². The minimum absolute atomic E-state index is 0.219. The lowest BCUT2D eigenvalue weighted by molar-refractivity contribution is -0.111. The zero-order chi connectivity index (χ0) is 21.8. The minimum atomic E-state index is -0.452. The molecule has 2 atom stereocenters. The zero-order valence-electron chi connectivity index (χ0n) is 17.1. The van der Waals surface area contributed by atoms with E-state index in [0.717, 1.165) is 35.3 Å². The second-order valence-electron chi connectivity index (χ2n) is 7.93. The van der Waals surface area contributed by atoms with E-state index >= 15 is 0 Å². The predicted octanol–water partition coefficient (Wildman–Crippen LogP) is 2.69. The smallest absolute Gasteiger partial charge is 0.409 e. The van der Waals surface area contributed by atoms with E-state index in [4.69, 9.17) is 10.5 Å². The first-order valence-corrected chi connectivity index (χ1v) is 11.2. The molecule has 164 valence electrons. The quantitative estimate of drug-likeness (QED) is 0.613. The van der Waals surface area contributed by atoms with Crippen LogP contribution in [0.1, 0.15) is 28.8 Å². The van der Waals surface area contributed by atoms with E-state index in [0.29, 0.717) is 36.8 Å². The number of amides is 2. The Balaban J connectivity index is 1.32. The Labute approximate surface area is 184 Å². The fraction of sp³-hybridized carbons (Fsp3) is 0.409. The van der Waals surface area contributed by atoms with Crippen LogP contribution in [0.4, 0.5) is 15.5 Å². The molecule has 0 bridgehead atoms. The summed E-state index contributed by atoms with van der Waals surface area (Å²) < 4.78 is 5.47. The van der Waals surface area contributed by atoms with Gasteiger partial charge in [0, 0.05) is 36.4 Å². The van der Waals surface area contributed by atoms with Crippen molar-refractivity contribution in [1.82, 2.24) is 9.88 Å². The van der Waals surface area contributed by atoms with E-state index in [-0.39, 0.29) is 17.9 Å². The number of nitrogens with one attached hydrogen (secondary N) is 1. The third kappa shape index (κ3) is 5.23. The molecule has 0 aromatic carbocycles. The number of aromatic nitrogens is 1. The molecule has 2 unspecified atom stereocenters. The third-order valence-electron chi connectivity index (χ3n) is 5.62. The normalized spacial score (nSPS) is 20.6. The molecule has 4 N–H and O–H groups in total. The largest absolute Gasteiger partial charge is 0.449 e. The Kier molecular flexibility index (Phi) is 6.53. The molecule has 0 saturated carbocycles. The number of pyridine rings is 1. The zero-order valence-corrected chi connectivity index (χ0v) is 17.9. The molecule has 1 saturated heterocycles. The number of hydrogen-bond donors (Lipinski definition) is 3. The van der Waals surface area contributed by atoms with Crippen LogP contribution in [0.2, 0.25) is 0 Å². The van der Waals surface area contributed by atoms with E-state index in [9.17, 15) is 14.7 Å². The lowest BCUT2D eigenvalue weighted by Crippen LogP contribution is -2.32.